The first kappa shape index (κ1) is 15.1. The molecule has 0 spiro atoms. The van der Waals surface area contributed by atoms with Crippen molar-refractivity contribution < 1.29 is 4.74 Å². The molecule has 2 rings (SSSR count). The molecule has 2 unspecified atom stereocenters. The van der Waals surface area contributed by atoms with E-state index in [0.717, 1.165) is 0 Å². The van der Waals surface area contributed by atoms with Crippen LogP contribution in [-0.4, -0.2) is 29.0 Å². The topological polar surface area (TPSA) is 62.9 Å². The van der Waals surface area contributed by atoms with Crippen molar-refractivity contribution >= 4 is 0 Å². The quantitative estimate of drug-likeness (QED) is 0.793. The fraction of sp³-hybridized carbons (Fsp3) is 0.375. The van der Waals surface area contributed by atoms with Gasteiger partial charge in [-0.25, -0.2) is 0 Å². The molecule has 1 aromatic carbocycles. The fourth-order valence-corrected chi connectivity index (χ4v) is 2.05. The lowest BCUT2D eigenvalue weighted by Crippen LogP contribution is -2.36. The largest absolute Gasteiger partial charge is 0.491 e. The SMILES string of the molecule is CC(NCCOc1ccccc1C#N)C(C)n1cccn1. The molecule has 1 aromatic heterocycles. The van der Waals surface area contributed by atoms with E-state index >= 15 is 0 Å². The molecule has 2 aromatic rings. The number of nitriles is 1. The van der Waals surface area contributed by atoms with Crippen molar-refractivity contribution in [2.45, 2.75) is 25.9 Å². The van der Waals surface area contributed by atoms with E-state index in [0.29, 0.717) is 24.5 Å². The van der Waals surface area contributed by atoms with Crippen molar-refractivity contribution in [3.8, 4) is 11.8 Å². The van der Waals surface area contributed by atoms with Crippen LogP contribution < -0.4 is 10.1 Å². The van der Waals surface area contributed by atoms with Crippen molar-refractivity contribution in [2.24, 2.45) is 0 Å². The Morgan fingerprint density at radius 1 is 1.33 bits per heavy atom. The number of benzene rings is 1. The summed E-state index contributed by atoms with van der Waals surface area (Å²) in [7, 11) is 0. The molecular weight excluding hydrogens is 264 g/mol. The van der Waals surface area contributed by atoms with Gasteiger partial charge in [-0.15, -0.1) is 0 Å². The van der Waals surface area contributed by atoms with Crippen LogP contribution in [0.3, 0.4) is 0 Å². The van der Waals surface area contributed by atoms with E-state index < -0.39 is 0 Å². The molecule has 5 nitrogen and oxygen atoms in total. The van der Waals surface area contributed by atoms with Gasteiger partial charge in [-0.3, -0.25) is 4.68 Å². The third-order valence-electron chi connectivity index (χ3n) is 3.50. The summed E-state index contributed by atoms with van der Waals surface area (Å²) in [4.78, 5) is 0. The summed E-state index contributed by atoms with van der Waals surface area (Å²) in [6, 6.07) is 11.9. The van der Waals surface area contributed by atoms with E-state index in [1.54, 1.807) is 12.3 Å². The molecule has 0 saturated carbocycles. The number of aromatic nitrogens is 2. The van der Waals surface area contributed by atoms with Crippen molar-refractivity contribution in [1.29, 1.82) is 5.26 Å². The Balaban J connectivity index is 1.76. The van der Waals surface area contributed by atoms with Gasteiger partial charge >= 0.3 is 0 Å². The number of ether oxygens (including phenoxy) is 1. The number of hydrogen-bond acceptors (Lipinski definition) is 4. The van der Waals surface area contributed by atoms with Crippen molar-refractivity contribution in [3.63, 3.8) is 0 Å². The summed E-state index contributed by atoms with van der Waals surface area (Å²) in [6.07, 6.45) is 3.74. The molecule has 0 saturated heterocycles. The Labute approximate surface area is 125 Å². The molecule has 110 valence electrons. The molecule has 0 bridgehead atoms. The van der Waals surface area contributed by atoms with Crippen molar-refractivity contribution in [3.05, 3.63) is 48.3 Å². The molecule has 0 aliphatic carbocycles. The van der Waals surface area contributed by atoms with Crippen LogP contribution in [0.4, 0.5) is 0 Å². The lowest BCUT2D eigenvalue weighted by atomic mass is 10.2. The molecule has 0 fully saturated rings. The second-order valence-electron chi connectivity index (χ2n) is 4.93. The van der Waals surface area contributed by atoms with Gasteiger partial charge in [0.05, 0.1) is 11.6 Å². The molecule has 0 amide bonds. The van der Waals surface area contributed by atoms with E-state index in [2.05, 4.69) is 30.3 Å². The maximum Gasteiger partial charge on any atom is 0.137 e. The van der Waals surface area contributed by atoms with Gasteiger partial charge in [0, 0.05) is 25.0 Å². The van der Waals surface area contributed by atoms with Crippen molar-refractivity contribution in [1.82, 2.24) is 15.1 Å². The maximum absolute atomic E-state index is 8.99. The summed E-state index contributed by atoms with van der Waals surface area (Å²) in [5.41, 5.74) is 0.565. The monoisotopic (exact) mass is 284 g/mol. The molecule has 0 aliphatic heterocycles. The third kappa shape index (κ3) is 4.07. The molecule has 21 heavy (non-hydrogen) atoms. The van der Waals surface area contributed by atoms with Gasteiger partial charge in [-0.05, 0) is 32.0 Å². The molecule has 1 N–H and O–H groups in total. The average molecular weight is 284 g/mol. The molecule has 2 atom stereocenters. The third-order valence-corrected chi connectivity index (χ3v) is 3.50. The number of rotatable bonds is 7. The fourth-order valence-electron chi connectivity index (χ4n) is 2.05. The highest BCUT2D eigenvalue weighted by atomic mass is 16.5. The van der Waals surface area contributed by atoms with Gasteiger partial charge in [0.1, 0.15) is 18.4 Å². The van der Waals surface area contributed by atoms with Gasteiger partial charge < -0.3 is 10.1 Å². The van der Waals surface area contributed by atoms with E-state index in [-0.39, 0.29) is 12.1 Å². The van der Waals surface area contributed by atoms with Crippen LogP contribution in [0.25, 0.3) is 0 Å². The van der Waals surface area contributed by atoms with Crippen LogP contribution >= 0.6 is 0 Å². The van der Waals surface area contributed by atoms with E-state index in [1.807, 2.05) is 35.1 Å². The number of nitrogens with one attached hydrogen (secondary N) is 1. The zero-order valence-corrected chi connectivity index (χ0v) is 12.4. The first-order valence-corrected chi connectivity index (χ1v) is 7.07. The highest BCUT2D eigenvalue weighted by Crippen LogP contribution is 2.16. The van der Waals surface area contributed by atoms with Crippen LogP contribution in [0.1, 0.15) is 25.5 Å². The Bertz CT molecular complexity index is 589. The van der Waals surface area contributed by atoms with Gasteiger partial charge in [-0.2, -0.15) is 10.4 Å². The Morgan fingerprint density at radius 2 is 2.14 bits per heavy atom. The van der Waals surface area contributed by atoms with Crippen molar-refractivity contribution in [2.75, 3.05) is 13.2 Å². The lowest BCUT2D eigenvalue weighted by molar-refractivity contribution is 0.288. The minimum Gasteiger partial charge on any atom is -0.491 e. The molecule has 1 heterocycles. The van der Waals surface area contributed by atoms with Crippen LogP contribution in [0.5, 0.6) is 5.75 Å². The maximum atomic E-state index is 8.99. The second kappa shape index (κ2) is 7.46. The van der Waals surface area contributed by atoms with Crippen LogP contribution in [0, 0.1) is 11.3 Å². The Kier molecular flexibility index (Phi) is 5.35. The van der Waals surface area contributed by atoms with E-state index in [9.17, 15) is 0 Å². The first-order chi connectivity index (χ1) is 10.2. The number of para-hydroxylation sites is 1. The van der Waals surface area contributed by atoms with E-state index in [1.165, 1.54) is 0 Å². The first-order valence-electron chi connectivity index (χ1n) is 7.07. The minimum atomic E-state index is 0.270. The number of nitrogens with zero attached hydrogens (tertiary/aromatic N) is 3. The highest BCUT2D eigenvalue weighted by molar-refractivity contribution is 5.42. The predicted molar refractivity (Wildman–Crippen MR) is 81.1 cm³/mol. The summed E-state index contributed by atoms with van der Waals surface area (Å²) in [6.45, 7) is 5.48. The van der Waals surface area contributed by atoms with Gasteiger partial charge in [0.25, 0.3) is 0 Å². The summed E-state index contributed by atoms with van der Waals surface area (Å²) in [5.74, 6) is 0.634. The summed E-state index contributed by atoms with van der Waals surface area (Å²) in [5, 5.41) is 16.6. The van der Waals surface area contributed by atoms with Gasteiger partial charge in [0.15, 0.2) is 0 Å². The highest BCUT2D eigenvalue weighted by Gasteiger charge is 2.13. The van der Waals surface area contributed by atoms with Gasteiger partial charge in [-0.1, -0.05) is 12.1 Å². The zero-order chi connectivity index (χ0) is 15.1. The summed E-state index contributed by atoms with van der Waals surface area (Å²) < 4.78 is 7.58. The van der Waals surface area contributed by atoms with Crippen LogP contribution in [0.15, 0.2) is 42.7 Å². The average Bonchev–Trinajstić information content (AvgIpc) is 3.05. The van der Waals surface area contributed by atoms with Gasteiger partial charge in [0.2, 0.25) is 0 Å². The molecule has 5 heteroatoms. The summed E-state index contributed by atoms with van der Waals surface area (Å²) >= 11 is 0. The normalized spacial score (nSPS) is 13.4. The van der Waals surface area contributed by atoms with Crippen LogP contribution in [0.2, 0.25) is 0 Å². The molecular formula is C16H20N4O. The molecule has 0 aliphatic rings. The Hall–Kier alpha value is -2.32. The second-order valence-corrected chi connectivity index (χ2v) is 4.93. The Morgan fingerprint density at radius 3 is 2.86 bits per heavy atom. The minimum absolute atomic E-state index is 0.270. The smallest absolute Gasteiger partial charge is 0.137 e. The molecule has 0 radical (unpaired) electrons. The van der Waals surface area contributed by atoms with E-state index in [4.69, 9.17) is 10.00 Å². The lowest BCUT2D eigenvalue weighted by Gasteiger charge is -2.21. The predicted octanol–water partition coefficient (Wildman–Crippen LogP) is 2.37. The zero-order valence-electron chi connectivity index (χ0n) is 12.4. The van der Waals surface area contributed by atoms with Crippen LogP contribution in [-0.2, 0) is 0 Å². The standard InChI is InChI=1S/C16H20N4O/c1-13(14(2)20-10-5-8-19-20)18-9-11-21-16-7-4-3-6-15(16)12-17/h3-8,10,13-14,18H,9,11H2,1-2H3. The number of hydrogen-bond donors (Lipinski definition) is 1.